The number of carbonyl (C=O) groups excluding carboxylic acids is 1. The second-order valence-corrected chi connectivity index (χ2v) is 8.73. The molecule has 1 atom stereocenters. The molecular formula is C23H27N5O3. The van der Waals surface area contributed by atoms with E-state index in [2.05, 4.69) is 22.0 Å². The summed E-state index contributed by atoms with van der Waals surface area (Å²) in [5, 5.41) is 8.70. The monoisotopic (exact) mass is 421 g/mol. The molecule has 1 unspecified atom stereocenters. The largest absolute Gasteiger partial charge is 0.494 e. The van der Waals surface area contributed by atoms with Gasteiger partial charge in [-0.2, -0.15) is 10.2 Å². The van der Waals surface area contributed by atoms with Crippen LogP contribution >= 0.6 is 0 Å². The molecule has 0 aromatic carbocycles. The van der Waals surface area contributed by atoms with Crippen molar-refractivity contribution in [1.82, 2.24) is 24.3 Å². The lowest BCUT2D eigenvalue weighted by Gasteiger charge is -2.24. The molecule has 0 spiro atoms. The highest BCUT2D eigenvalue weighted by Crippen LogP contribution is 2.29. The van der Waals surface area contributed by atoms with Crippen LogP contribution in [-0.4, -0.2) is 56.2 Å². The Morgan fingerprint density at radius 3 is 2.68 bits per heavy atom. The number of hydrogen-bond donors (Lipinski definition) is 0. The third-order valence-electron chi connectivity index (χ3n) is 5.09. The van der Waals surface area contributed by atoms with E-state index in [1.807, 2.05) is 46.3 Å². The summed E-state index contributed by atoms with van der Waals surface area (Å²) in [6.07, 6.45) is 7.99. The number of pyridine rings is 1. The van der Waals surface area contributed by atoms with Gasteiger partial charge in [-0.3, -0.25) is 4.68 Å². The minimum absolute atomic E-state index is 0.100. The fraction of sp³-hybridized carbons (Fsp3) is 0.435. The Morgan fingerprint density at radius 1 is 1.19 bits per heavy atom. The topological polar surface area (TPSA) is 73.9 Å². The summed E-state index contributed by atoms with van der Waals surface area (Å²) in [6.45, 7) is 6.84. The van der Waals surface area contributed by atoms with Gasteiger partial charge in [0.2, 0.25) is 0 Å². The lowest BCUT2D eigenvalue weighted by atomic mass is 10.1. The molecule has 3 aromatic heterocycles. The van der Waals surface area contributed by atoms with Crippen LogP contribution in [0.1, 0.15) is 32.8 Å². The first-order valence-electron chi connectivity index (χ1n) is 10.3. The zero-order chi connectivity index (χ0) is 22.2. The van der Waals surface area contributed by atoms with Crippen LogP contribution in [0.2, 0.25) is 0 Å². The van der Waals surface area contributed by atoms with Crippen LogP contribution in [0.3, 0.4) is 0 Å². The third-order valence-corrected chi connectivity index (χ3v) is 5.09. The van der Waals surface area contributed by atoms with Crippen LogP contribution in [0.5, 0.6) is 5.75 Å². The summed E-state index contributed by atoms with van der Waals surface area (Å²) in [6, 6.07) is 1.97. The summed E-state index contributed by atoms with van der Waals surface area (Å²) in [5.74, 6) is 7.35. The van der Waals surface area contributed by atoms with Gasteiger partial charge in [0.05, 0.1) is 25.1 Å². The number of amides is 1. The van der Waals surface area contributed by atoms with Crippen molar-refractivity contribution in [3.63, 3.8) is 0 Å². The summed E-state index contributed by atoms with van der Waals surface area (Å²) in [5.41, 5.74) is 3.07. The van der Waals surface area contributed by atoms with Crippen LogP contribution < -0.4 is 4.74 Å². The fourth-order valence-corrected chi connectivity index (χ4v) is 3.61. The Kier molecular flexibility index (Phi) is 5.36. The van der Waals surface area contributed by atoms with Crippen molar-refractivity contribution < 1.29 is 14.3 Å². The first-order chi connectivity index (χ1) is 14.7. The Labute approximate surface area is 181 Å². The maximum Gasteiger partial charge on any atom is 0.410 e. The standard InChI is InChI=1S/C23H27N5O3/c1-23(2,3)31-22(29)27-9-8-16(13-27)6-7-17-11-25-28-15-18(10-20(30-5)21(17)28)19-12-24-26(4)14-19/h10-12,14-16H,8-9,13H2,1-5H3. The lowest BCUT2D eigenvalue weighted by molar-refractivity contribution is 0.0291. The van der Waals surface area contributed by atoms with Gasteiger partial charge in [-0.05, 0) is 33.3 Å². The van der Waals surface area contributed by atoms with Crippen LogP contribution in [0.4, 0.5) is 4.79 Å². The van der Waals surface area contributed by atoms with Gasteiger partial charge in [-0.1, -0.05) is 11.8 Å². The molecule has 4 rings (SSSR count). The zero-order valence-corrected chi connectivity index (χ0v) is 18.5. The first-order valence-corrected chi connectivity index (χ1v) is 10.3. The van der Waals surface area contributed by atoms with Gasteiger partial charge >= 0.3 is 6.09 Å². The summed E-state index contributed by atoms with van der Waals surface area (Å²) in [4.78, 5) is 14.0. The van der Waals surface area contributed by atoms with E-state index < -0.39 is 5.60 Å². The Balaban J connectivity index is 1.55. The number of rotatable bonds is 2. The van der Waals surface area contributed by atoms with Crippen molar-refractivity contribution >= 4 is 11.6 Å². The number of likely N-dealkylation sites (tertiary alicyclic amines) is 1. The highest BCUT2D eigenvalue weighted by atomic mass is 16.6. The SMILES string of the molecule is COc1cc(-c2cnn(C)c2)cn2ncc(C#CC3CCN(C(=O)OC(C)(C)C)C3)c12. The molecule has 0 saturated carbocycles. The maximum atomic E-state index is 12.3. The highest BCUT2D eigenvalue weighted by Gasteiger charge is 2.29. The van der Waals surface area contributed by atoms with Crippen molar-refractivity contribution in [2.24, 2.45) is 13.0 Å². The van der Waals surface area contributed by atoms with Gasteiger partial charge in [-0.25, -0.2) is 9.31 Å². The minimum Gasteiger partial charge on any atom is -0.494 e. The molecule has 1 aliphatic heterocycles. The summed E-state index contributed by atoms with van der Waals surface area (Å²) >= 11 is 0. The fourth-order valence-electron chi connectivity index (χ4n) is 3.61. The van der Waals surface area contributed by atoms with Gasteiger partial charge in [0.1, 0.15) is 16.9 Å². The average molecular weight is 422 g/mol. The Hall–Kier alpha value is -3.47. The smallest absolute Gasteiger partial charge is 0.410 e. The molecular weight excluding hydrogens is 394 g/mol. The molecule has 0 aliphatic carbocycles. The van der Waals surface area contributed by atoms with E-state index in [9.17, 15) is 4.79 Å². The van der Waals surface area contributed by atoms with E-state index in [1.165, 1.54) is 0 Å². The predicted molar refractivity (Wildman–Crippen MR) is 117 cm³/mol. The molecule has 162 valence electrons. The van der Waals surface area contributed by atoms with Gasteiger partial charge in [-0.15, -0.1) is 0 Å². The molecule has 1 fully saturated rings. The number of carbonyl (C=O) groups is 1. The van der Waals surface area contributed by atoms with E-state index in [-0.39, 0.29) is 12.0 Å². The second-order valence-electron chi connectivity index (χ2n) is 8.73. The normalized spacial score (nSPS) is 16.3. The zero-order valence-electron chi connectivity index (χ0n) is 18.5. The van der Waals surface area contributed by atoms with Crippen LogP contribution in [0, 0.1) is 17.8 Å². The quantitative estimate of drug-likeness (QED) is 0.594. The third kappa shape index (κ3) is 4.50. The number of ether oxygens (including phenoxy) is 2. The minimum atomic E-state index is -0.497. The van der Waals surface area contributed by atoms with Crippen molar-refractivity contribution in [2.45, 2.75) is 32.8 Å². The molecule has 8 heteroatoms. The van der Waals surface area contributed by atoms with Crippen molar-refractivity contribution in [2.75, 3.05) is 20.2 Å². The first kappa shape index (κ1) is 20.8. The van der Waals surface area contributed by atoms with Crippen LogP contribution in [0.15, 0.2) is 30.9 Å². The molecule has 0 bridgehead atoms. The number of fused-ring (bicyclic) bond motifs is 1. The number of aromatic nitrogens is 4. The van der Waals surface area contributed by atoms with Crippen LogP contribution in [-0.2, 0) is 11.8 Å². The Bertz CT molecular complexity index is 1180. The molecule has 1 aliphatic rings. The van der Waals surface area contributed by atoms with Gasteiger partial charge < -0.3 is 14.4 Å². The van der Waals surface area contributed by atoms with Gasteiger partial charge in [0.25, 0.3) is 0 Å². The number of aryl methyl sites for hydroxylation is 1. The van der Waals surface area contributed by atoms with E-state index in [0.29, 0.717) is 18.8 Å². The molecule has 0 N–H and O–H groups in total. The van der Waals surface area contributed by atoms with Crippen molar-refractivity contribution in [3.8, 4) is 28.7 Å². The lowest BCUT2D eigenvalue weighted by Crippen LogP contribution is -2.35. The number of nitrogens with zero attached hydrogens (tertiary/aromatic N) is 5. The van der Waals surface area contributed by atoms with E-state index in [4.69, 9.17) is 9.47 Å². The van der Waals surface area contributed by atoms with E-state index >= 15 is 0 Å². The second kappa shape index (κ2) is 7.99. The van der Waals surface area contributed by atoms with E-state index in [1.54, 1.807) is 33.6 Å². The molecule has 0 radical (unpaired) electrons. The van der Waals surface area contributed by atoms with Crippen molar-refractivity contribution in [1.29, 1.82) is 0 Å². The molecule has 31 heavy (non-hydrogen) atoms. The van der Waals surface area contributed by atoms with Crippen molar-refractivity contribution in [3.05, 3.63) is 36.4 Å². The highest BCUT2D eigenvalue weighted by molar-refractivity contribution is 5.75. The van der Waals surface area contributed by atoms with E-state index in [0.717, 1.165) is 28.6 Å². The Morgan fingerprint density at radius 2 is 2.00 bits per heavy atom. The molecule has 3 aromatic rings. The van der Waals surface area contributed by atoms with Gasteiger partial charge in [0, 0.05) is 49.6 Å². The van der Waals surface area contributed by atoms with Gasteiger partial charge in [0.15, 0.2) is 0 Å². The average Bonchev–Trinajstić information content (AvgIpc) is 3.43. The molecule has 8 nitrogen and oxygen atoms in total. The molecule has 1 amide bonds. The number of methoxy groups -OCH3 is 1. The maximum absolute atomic E-state index is 12.3. The molecule has 1 saturated heterocycles. The summed E-state index contributed by atoms with van der Waals surface area (Å²) in [7, 11) is 3.52. The summed E-state index contributed by atoms with van der Waals surface area (Å²) < 4.78 is 14.6. The molecule has 4 heterocycles. The predicted octanol–water partition coefficient (Wildman–Crippen LogP) is 3.35. The number of hydrogen-bond acceptors (Lipinski definition) is 5. The van der Waals surface area contributed by atoms with Crippen LogP contribution in [0.25, 0.3) is 16.6 Å².